The van der Waals surface area contributed by atoms with Crippen molar-refractivity contribution in [2.24, 2.45) is 5.92 Å². The molecule has 2 heterocycles. The largest absolute Gasteiger partial charge is 0.390 e. The number of benzene rings is 2. The highest BCUT2D eigenvalue weighted by Crippen LogP contribution is 2.20. The van der Waals surface area contributed by atoms with Crippen molar-refractivity contribution in [3.63, 3.8) is 0 Å². The van der Waals surface area contributed by atoms with Crippen LogP contribution in [0.5, 0.6) is 0 Å². The number of β-amino-alcohol motifs (C(OH)–C–C–N with tert-alkyl or cyclic N) is 1. The highest BCUT2D eigenvalue weighted by Gasteiger charge is 2.19. The van der Waals surface area contributed by atoms with Crippen LogP contribution in [0.1, 0.15) is 33.5 Å². The van der Waals surface area contributed by atoms with Crippen LogP contribution in [0, 0.1) is 5.92 Å². The maximum absolute atomic E-state index is 12.5. The highest BCUT2D eigenvalue weighted by molar-refractivity contribution is 5.94. The normalized spacial score (nSPS) is 20.2. The zero-order valence-corrected chi connectivity index (χ0v) is 16.8. The van der Waals surface area contributed by atoms with Gasteiger partial charge in [0.05, 0.1) is 6.10 Å². The zero-order chi connectivity index (χ0) is 20.1. The van der Waals surface area contributed by atoms with Crippen LogP contribution in [-0.4, -0.2) is 54.9 Å². The predicted molar refractivity (Wildman–Crippen MR) is 113 cm³/mol. The van der Waals surface area contributed by atoms with E-state index < -0.39 is 6.10 Å². The number of fused-ring (bicyclic) bond motifs is 1. The maximum atomic E-state index is 12.5. The van der Waals surface area contributed by atoms with E-state index in [1.807, 2.05) is 18.2 Å². The summed E-state index contributed by atoms with van der Waals surface area (Å²) in [6.45, 7) is 4.27. The standard InChI is InChI=1S/C24H30N2O3/c27-23(16-26-10-8-20-5-1-2-6-22(20)15-26)14-25-24(28)21-7-3-4-18(13-21)12-19-9-11-29-17-19/h1-7,13,19,23,27H,8-12,14-17H2,(H,25,28)/t19?,23-/m0/s1. The van der Waals surface area contributed by atoms with Gasteiger partial charge < -0.3 is 15.2 Å². The number of hydrogen-bond acceptors (Lipinski definition) is 4. The minimum atomic E-state index is -0.581. The summed E-state index contributed by atoms with van der Waals surface area (Å²) in [6, 6.07) is 16.3. The van der Waals surface area contributed by atoms with Gasteiger partial charge in [0.1, 0.15) is 0 Å². The Morgan fingerprint density at radius 3 is 2.90 bits per heavy atom. The summed E-state index contributed by atoms with van der Waals surface area (Å²) < 4.78 is 5.44. The van der Waals surface area contributed by atoms with Crippen LogP contribution in [0.4, 0.5) is 0 Å². The molecule has 1 amide bonds. The molecule has 0 saturated carbocycles. The molecule has 1 fully saturated rings. The molecule has 29 heavy (non-hydrogen) atoms. The van der Waals surface area contributed by atoms with Crippen molar-refractivity contribution in [2.45, 2.75) is 31.9 Å². The van der Waals surface area contributed by atoms with Gasteiger partial charge in [-0.3, -0.25) is 9.69 Å². The van der Waals surface area contributed by atoms with Crippen LogP contribution in [0.3, 0.4) is 0 Å². The van der Waals surface area contributed by atoms with Gasteiger partial charge in [0, 0.05) is 45.0 Å². The van der Waals surface area contributed by atoms with Gasteiger partial charge in [-0.15, -0.1) is 0 Å². The lowest BCUT2D eigenvalue weighted by Gasteiger charge is -2.30. The van der Waals surface area contributed by atoms with E-state index in [4.69, 9.17) is 4.74 Å². The van der Waals surface area contributed by atoms with Gasteiger partial charge in [-0.2, -0.15) is 0 Å². The number of nitrogens with one attached hydrogen (secondary N) is 1. The van der Waals surface area contributed by atoms with Crippen molar-refractivity contribution in [2.75, 3.05) is 32.8 Å². The van der Waals surface area contributed by atoms with Crippen molar-refractivity contribution in [3.8, 4) is 0 Å². The summed E-state index contributed by atoms with van der Waals surface area (Å²) in [4.78, 5) is 14.8. The quantitative estimate of drug-likeness (QED) is 0.757. The van der Waals surface area contributed by atoms with Gasteiger partial charge in [-0.05, 0) is 54.0 Å². The van der Waals surface area contributed by atoms with E-state index in [0.29, 0.717) is 18.0 Å². The molecular weight excluding hydrogens is 364 g/mol. The Balaban J connectivity index is 1.25. The molecule has 0 radical (unpaired) electrons. The molecule has 1 saturated heterocycles. The van der Waals surface area contributed by atoms with E-state index in [2.05, 4.69) is 40.5 Å². The van der Waals surface area contributed by atoms with E-state index in [1.54, 1.807) is 0 Å². The number of carbonyl (C=O) groups excluding carboxylic acids is 1. The lowest BCUT2D eigenvalue weighted by atomic mass is 9.97. The van der Waals surface area contributed by atoms with Crippen LogP contribution in [0.2, 0.25) is 0 Å². The van der Waals surface area contributed by atoms with Crippen molar-refractivity contribution in [3.05, 3.63) is 70.8 Å². The first-order valence-electron chi connectivity index (χ1n) is 10.6. The highest BCUT2D eigenvalue weighted by atomic mass is 16.5. The average molecular weight is 395 g/mol. The molecule has 1 unspecified atom stereocenters. The molecule has 2 atom stereocenters. The van der Waals surface area contributed by atoms with Crippen molar-refractivity contribution < 1.29 is 14.6 Å². The van der Waals surface area contributed by atoms with Gasteiger partial charge in [0.2, 0.25) is 0 Å². The molecule has 0 spiro atoms. The van der Waals surface area contributed by atoms with Gasteiger partial charge in [0.25, 0.3) is 5.91 Å². The van der Waals surface area contributed by atoms with Crippen LogP contribution in [-0.2, 0) is 24.1 Å². The minimum Gasteiger partial charge on any atom is -0.390 e. The lowest BCUT2D eigenvalue weighted by molar-refractivity contribution is 0.0842. The molecule has 2 aromatic carbocycles. The second kappa shape index (κ2) is 9.53. The van der Waals surface area contributed by atoms with Gasteiger partial charge >= 0.3 is 0 Å². The number of nitrogens with zero attached hydrogens (tertiary/aromatic N) is 1. The SMILES string of the molecule is O=C(NC[C@H](O)CN1CCc2ccccc2C1)c1cccc(CC2CCOC2)c1. The first kappa shape index (κ1) is 20.1. The zero-order valence-electron chi connectivity index (χ0n) is 16.8. The Hall–Kier alpha value is -2.21. The average Bonchev–Trinajstić information content (AvgIpc) is 3.25. The van der Waals surface area contributed by atoms with Gasteiger partial charge in [0.15, 0.2) is 0 Å². The summed E-state index contributed by atoms with van der Waals surface area (Å²) in [5.74, 6) is 0.419. The smallest absolute Gasteiger partial charge is 0.251 e. The number of carbonyl (C=O) groups is 1. The molecule has 2 aliphatic heterocycles. The van der Waals surface area contributed by atoms with Crippen molar-refractivity contribution in [1.29, 1.82) is 0 Å². The molecule has 4 rings (SSSR count). The molecule has 2 aromatic rings. The number of aliphatic hydroxyl groups excluding tert-OH is 1. The molecule has 154 valence electrons. The molecule has 5 heteroatoms. The Kier molecular flexibility index (Phi) is 6.60. The number of hydrogen-bond donors (Lipinski definition) is 2. The van der Waals surface area contributed by atoms with E-state index in [0.717, 1.165) is 45.6 Å². The predicted octanol–water partition coefficient (Wildman–Crippen LogP) is 2.41. The summed E-state index contributed by atoms with van der Waals surface area (Å²) in [6.07, 6.45) is 2.46. The van der Waals surface area contributed by atoms with Crippen molar-refractivity contribution in [1.82, 2.24) is 10.2 Å². The minimum absolute atomic E-state index is 0.127. The molecule has 0 aliphatic carbocycles. The monoisotopic (exact) mass is 394 g/mol. The second-order valence-electron chi connectivity index (χ2n) is 8.25. The first-order valence-corrected chi connectivity index (χ1v) is 10.6. The molecule has 5 nitrogen and oxygen atoms in total. The third kappa shape index (κ3) is 5.44. The van der Waals surface area contributed by atoms with Crippen LogP contribution < -0.4 is 5.32 Å². The van der Waals surface area contributed by atoms with Gasteiger partial charge in [-0.25, -0.2) is 0 Å². The topological polar surface area (TPSA) is 61.8 Å². The fraction of sp³-hybridized carbons (Fsp3) is 0.458. The summed E-state index contributed by atoms with van der Waals surface area (Å²) in [7, 11) is 0. The van der Waals surface area contributed by atoms with Gasteiger partial charge in [-0.1, -0.05) is 36.4 Å². The van der Waals surface area contributed by atoms with E-state index in [-0.39, 0.29) is 12.5 Å². The third-order valence-electron chi connectivity index (χ3n) is 5.91. The fourth-order valence-electron chi connectivity index (χ4n) is 4.30. The number of rotatable bonds is 7. The number of aliphatic hydroxyl groups is 1. The van der Waals surface area contributed by atoms with E-state index >= 15 is 0 Å². The Morgan fingerprint density at radius 2 is 2.07 bits per heavy atom. The van der Waals surface area contributed by atoms with E-state index in [1.165, 1.54) is 16.7 Å². The Bertz CT molecular complexity index is 832. The number of amides is 1. The van der Waals surface area contributed by atoms with Crippen molar-refractivity contribution >= 4 is 5.91 Å². The van der Waals surface area contributed by atoms with Crippen LogP contribution in [0.15, 0.2) is 48.5 Å². The molecule has 0 aromatic heterocycles. The first-order chi connectivity index (χ1) is 14.2. The fourth-order valence-corrected chi connectivity index (χ4v) is 4.30. The Morgan fingerprint density at radius 1 is 1.21 bits per heavy atom. The molecular formula is C24H30N2O3. The second-order valence-corrected chi connectivity index (χ2v) is 8.25. The number of ether oxygens (including phenoxy) is 1. The molecule has 0 bridgehead atoms. The van der Waals surface area contributed by atoms with Crippen LogP contribution >= 0.6 is 0 Å². The molecule has 2 aliphatic rings. The summed E-state index contributed by atoms with van der Waals surface area (Å²) in [5, 5.41) is 13.3. The molecule has 2 N–H and O–H groups in total. The van der Waals surface area contributed by atoms with Crippen LogP contribution in [0.25, 0.3) is 0 Å². The third-order valence-corrected chi connectivity index (χ3v) is 5.91. The lowest BCUT2D eigenvalue weighted by Crippen LogP contribution is -2.42. The van der Waals surface area contributed by atoms with E-state index in [9.17, 15) is 9.90 Å². The Labute approximate surface area is 172 Å². The summed E-state index contributed by atoms with van der Waals surface area (Å²) >= 11 is 0. The summed E-state index contributed by atoms with van der Waals surface area (Å²) in [5.41, 5.74) is 4.55. The maximum Gasteiger partial charge on any atom is 0.251 e.